The lowest BCUT2D eigenvalue weighted by Crippen LogP contribution is -2.54. The first-order valence-corrected chi connectivity index (χ1v) is 11.2. The van der Waals surface area contributed by atoms with Gasteiger partial charge in [0.15, 0.2) is 0 Å². The number of hydrogen-bond donors (Lipinski definition) is 2. The molecule has 0 amide bonds. The van der Waals surface area contributed by atoms with Gasteiger partial charge in [0.05, 0.1) is 12.2 Å². The lowest BCUT2D eigenvalue weighted by atomic mass is 9.46. The third-order valence-electron chi connectivity index (χ3n) is 9.63. The maximum Gasteiger partial charge on any atom is 0.0757 e. The molecule has 0 aromatic carbocycles. The topological polar surface area (TPSA) is 40.5 Å². The maximum absolute atomic E-state index is 11.2. The third kappa shape index (κ3) is 2.30. The molecule has 0 saturated heterocycles. The molecule has 144 valence electrons. The fourth-order valence-electron chi connectivity index (χ4n) is 8.25. The van der Waals surface area contributed by atoms with E-state index in [-0.39, 0.29) is 17.6 Å². The van der Waals surface area contributed by atoms with Crippen molar-refractivity contribution in [1.29, 1.82) is 0 Å². The van der Waals surface area contributed by atoms with Gasteiger partial charge in [-0.05, 0) is 98.7 Å². The summed E-state index contributed by atoms with van der Waals surface area (Å²) in [6.07, 6.45) is 16.3. The van der Waals surface area contributed by atoms with Crippen LogP contribution in [0.3, 0.4) is 0 Å². The highest BCUT2D eigenvalue weighted by atomic mass is 16.3. The summed E-state index contributed by atoms with van der Waals surface area (Å²) in [5, 5.41) is 21.3. The highest BCUT2D eigenvalue weighted by Crippen LogP contribution is 2.67. The van der Waals surface area contributed by atoms with Crippen LogP contribution in [0.25, 0.3) is 0 Å². The molecule has 5 aliphatic rings. The molecular formula is C24H36O2. The van der Waals surface area contributed by atoms with E-state index in [1.54, 1.807) is 5.57 Å². The zero-order chi connectivity index (χ0) is 18.1. The molecule has 0 aromatic rings. The van der Waals surface area contributed by atoms with Crippen molar-refractivity contribution < 1.29 is 10.2 Å². The van der Waals surface area contributed by atoms with E-state index in [0.717, 1.165) is 25.2 Å². The molecule has 8 atom stereocenters. The summed E-state index contributed by atoms with van der Waals surface area (Å²) in [4.78, 5) is 0. The molecule has 3 fully saturated rings. The smallest absolute Gasteiger partial charge is 0.0757 e. The summed E-state index contributed by atoms with van der Waals surface area (Å²) in [6.45, 7) is 5.01. The number of hydrogen-bond acceptors (Lipinski definition) is 2. The Kier molecular flexibility index (Phi) is 4.00. The van der Waals surface area contributed by atoms with Gasteiger partial charge in [-0.2, -0.15) is 0 Å². The summed E-state index contributed by atoms with van der Waals surface area (Å²) in [6, 6.07) is 0. The fraction of sp³-hybridized carbons (Fsp3) is 0.833. The molecule has 3 saturated carbocycles. The Balaban J connectivity index is 1.49. The van der Waals surface area contributed by atoms with Crippen molar-refractivity contribution in [2.24, 2.45) is 34.5 Å². The molecule has 3 unspecified atom stereocenters. The highest BCUT2D eigenvalue weighted by Gasteiger charge is 2.60. The van der Waals surface area contributed by atoms with E-state index in [9.17, 15) is 10.2 Å². The Morgan fingerprint density at radius 3 is 2.62 bits per heavy atom. The van der Waals surface area contributed by atoms with E-state index < -0.39 is 0 Å². The molecule has 2 nitrogen and oxygen atoms in total. The van der Waals surface area contributed by atoms with Crippen molar-refractivity contribution in [1.82, 2.24) is 0 Å². The summed E-state index contributed by atoms with van der Waals surface area (Å²) in [5.74, 6) is 2.49. The number of aliphatic hydroxyl groups excluding tert-OH is 2. The van der Waals surface area contributed by atoms with E-state index in [4.69, 9.17) is 0 Å². The zero-order valence-corrected chi connectivity index (χ0v) is 16.6. The van der Waals surface area contributed by atoms with Gasteiger partial charge in [0.1, 0.15) is 0 Å². The largest absolute Gasteiger partial charge is 0.393 e. The summed E-state index contributed by atoms with van der Waals surface area (Å²) in [5.41, 5.74) is 3.73. The molecule has 5 rings (SSSR count). The SMILES string of the molecule is C[C@]12CC[C@H](O)CC1=C[C@@H](O)C1C2CC[C@@]2(C)C1CC[C@@H]2C1=CCCC1. The van der Waals surface area contributed by atoms with Crippen LogP contribution in [0.1, 0.15) is 78.1 Å². The second-order valence-corrected chi connectivity index (χ2v) is 10.6. The normalized spacial score (nSPS) is 53.4. The molecule has 5 aliphatic carbocycles. The summed E-state index contributed by atoms with van der Waals surface area (Å²) >= 11 is 0. The first-order chi connectivity index (χ1) is 12.4. The molecule has 2 N–H and O–H groups in total. The van der Waals surface area contributed by atoms with Crippen LogP contribution in [0, 0.1) is 34.5 Å². The highest BCUT2D eigenvalue weighted by molar-refractivity contribution is 5.29. The Morgan fingerprint density at radius 1 is 1.00 bits per heavy atom. The lowest BCUT2D eigenvalue weighted by Gasteiger charge is -2.59. The summed E-state index contributed by atoms with van der Waals surface area (Å²) in [7, 11) is 0. The molecule has 0 aromatic heterocycles. The quantitative estimate of drug-likeness (QED) is 0.649. The van der Waals surface area contributed by atoms with E-state index in [1.807, 2.05) is 0 Å². The van der Waals surface area contributed by atoms with E-state index >= 15 is 0 Å². The van der Waals surface area contributed by atoms with Gasteiger partial charge in [-0.25, -0.2) is 0 Å². The monoisotopic (exact) mass is 356 g/mol. The molecule has 26 heavy (non-hydrogen) atoms. The van der Waals surface area contributed by atoms with Gasteiger partial charge in [-0.1, -0.05) is 37.1 Å². The minimum Gasteiger partial charge on any atom is -0.393 e. The molecule has 0 radical (unpaired) electrons. The average Bonchev–Trinajstić information content (AvgIpc) is 3.23. The van der Waals surface area contributed by atoms with Gasteiger partial charge in [0.2, 0.25) is 0 Å². The molecule has 0 heterocycles. The van der Waals surface area contributed by atoms with Crippen molar-refractivity contribution in [2.75, 3.05) is 0 Å². The Morgan fingerprint density at radius 2 is 1.85 bits per heavy atom. The molecule has 0 bridgehead atoms. The van der Waals surface area contributed by atoms with Crippen molar-refractivity contribution in [3.63, 3.8) is 0 Å². The van der Waals surface area contributed by atoms with Crippen LogP contribution in [-0.2, 0) is 0 Å². The number of aliphatic hydroxyl groups is 2. The van der Waals surface area contributed by atoms with Gasteiger partial charge in [0, 0.05) is 0 Å². The van der Waals surface area contributed by atoms with Gasteiger partial charge in [0.25, 0.3) is 0 Å². The predicted molar refractivity (Wildman–Crippen MR) is 105 cm³/mol. The van der Waals surface area contributed by atoms with Crippen LogP contribution in [-0.4, -0.2) is 22.4 Å². The first-order valence-electron chi connectivity index (χ1n) is 11.2. The number of rotatable bonds is 1. The van der Waals surface area contributed by atoms with E-state index in [0.29, 0.717) is 23.2 Å². The number of fused-ring (bicyclic) bond motifs is 5. The molecular weight excluding hydrogens is 320 g/mol. The van der Waals surface area contributed by atoms with Crippen LogP contribution in [0.2, 0.25) is 0 Å². The van der Waals surface area contributed by atoms with Gasteiger partial charge in [-0.3, -0.25) is 0 Å². The molecule has 2 heteroatoms. The summed E-state index contributed by atoms with van der Waals surface area (Å²) < 4.78 is 0. The zero-order valence-electron chi connectivity index (χ0n) is 16.6. The van der Waals surface area contributed by atoms with E-state index in [2.05, 4.69) is 26.0 Å². The second kappa shape index (κ2) is 5.95. The van der Waals surface area contributed by atoms with Crippen LogP contribution in [0.5, 0.6) is 0 Å². The minimum absolute atomic E-state index is 0.197. The van der Waals surface area contributed by atoms with Crippen LogP contribution >= 0.6 is 0 Å². The Labute approximate surface area is 158 Å². The molecule has 0 aliphatic heterocycles. The third-order valence-corrected chi connectivity index (χ3v) is 9.63. The van der Waals surface area contributed by atoms with Crippen molar-refractivity contribution in [2.45, 2.75) is 90.3 Å². The standard InChI is InChI=1S/C24H36O2/c1-23-11-9-17(25)13-16(23)14-21(26)22-19-8-7-18(15-5-3-4-6-15)24(19,2)12-10-20(22)23/h5,14,17-22,25-26H,3-4,6-13H2,1-2H3/t17-,18+,19?,20?,21+,22?,23-,24+/m0/s1. The van der Waals surface area contributed by atoms with Crippen LogP contribution in [0.15, 0.2) is 23.3 Å². The Hall–Kier alpha value is -0.600. The van der Waals surface area contributed by atoms with Gasteiger partial charge < -0.3 is 10.2 Å². The lowest BCUT2D eigenvalue weighted by molar-refractivity contribution is -0.0893. The van der Waals surface area contributed by atoms with Crippen LogP contribution in [0.4, 0.5) is 0 Å². The predicted octanol–water partition coefficient (Wildman–Crippen LogP) is 5.01. The van der Waals surface area contributed by atoms with Crippen LogP contribution < -0.4 is 0 Å². The number of allylic oxidation sites excluding steroid dienone is 2. The fourth-order valence-corrected chi connectivity index (χ4v) is 8.25. The van der Waals surface area contributed by atoms with Crippen molar-refractivity contribution >= 4 is 0 Å². The van der Waals surface area contributed by atoms with Crippen molar-refractivity contribution in [3.8, 4) is 0 Å². The maximum atomic E-state index is 11.2. The minimum atomic E-state index is -0.297. The Bertz CT molecular complexity index is 649. The second-order valence-electron chi connectivity index (χ2n) is 10.6. The molecule has 0 spiro atoms. The van der Waals surface area contributed by atoms with Gasteiger partial charge >= 0.3 is 0 Å². The first kappa shape index (κ1) is 17.5. The average molecular weight is 357 g/mol. The van der Waals surface area contributed by atoms with Gasteiger partial charge in [-0.15, -0.1) is 0 Å². The van der Waals surface area contributed by atoms with E-state index in [1.165, 1.54) is 50.5 Å². The van der Waals surface area contributed by atoms with Crippen molar-refractivity contribution in [3.05, 3.63) is 23.3 Å².